The molecule has 2 rings (SSSR count). The first kappa shape index (κ1) is 14.6. The lowest BCUT2D eigenvalue weighted by Gasteiger charge is -2.42. The first-order chi connectivity index (χ1) is 8.79. The van der Waals surface area contributed by atoms with Crippen molar-refractivity contribution >= 4 is 11.8 Å². The zero-order valence-corrected chi connectivity index (χ0v) is 12.5. The summed E-state index contributed by atoms with van der Waals surface area (Å²) in [6, 6.07) is 0.726. The molecule has 0 bridgehead atoms. The number of nitrogens with zero attached hydrogens (tertiary/aromatic N) is 1. The van der Waals surface area contributed by atoms with Gasteiger partial charge in [-0.25, -0.2) is 0 Å². The van der Waals surface area contributed by atoms with Crippen molar-refractivity contribution in [2.75, 3.05) is 37.7 Å². The minimum atomic E-state index is 0.211. The molecule has 0 aliphatic carbocycles. The molecule has 18 heavy (non-hydrogen) atoms. The second-order valence-corrected chi connectivity index (χ2v) is 6.76. The third-order valence-corrected chi connectivity index (χ3v) is 5.43. The Hall–Kier alpha value is 0.230. The van der Waals surface area contributed by atoms with Crippen LogP contribution in [0.15, 0.2) is 0 Å². The lowest BCUT2D eigenvalue weighted by atomic mass is 9.89. The summed E-state index contributed by atoms with van der Waals surface area (Å²) < 4.78 is 6.12. The van der Waals surface area contributed by atoms with E-state index in [1.54, 1.807) is 0 Å². The zero-order valence-electron chi connectivity index (χ0n) is 11.7. The molecule has 0 aromatic heterocycles. The molecule has 0 aromatic rings. The lowest BCUT2D eigenvalue weighted by Crippen LogP contribution is -2.49. The van der Waals surface area contributed by atoms with Crippen LogP contribution in [0.5, 0.6) is 0 Å². The molecule has 2 heterocycles. The molecule has 0 aromatic carbocycles. The van der Waals surface area contributed by atoms with Crippen molar-refractivity contribution in [2.45, 2.75) is 50.7 Å². The number of hydrogen-bond acceptors (Lipinski definition) is 4. The highest BCUT2D eigenvalue weighted by Crippen LogP contribution is 2.39. The summed E-state index contributed by atoms with van der Waals surface area (Å²) in [6.07, 6.45) is 6.06. The summed E-state index contributed by atoms with van der Waals surface area (Å²) in [5, 5.41) is 0. The maximum absolute atomic E-state index is 6.12. The summed E-state index contributed by atoms with van der Waals surface area (Å²) in [5.41, 5.74) is 5.87. The summed E-state index contributed by atoms with van der Waals surface area (Å²) in [4.78, 5) is 2.67. The normalized spacial score (nSPS) is 32.5. The van der Waals surface area contributed by atoms with Crippen LogP contribution in [0.2, 0.25) is 0 Å². The van der Waals surface area contributed by atoms with E-state index in [9.17, 15) is 0 Å². The van der Waals surface area contributed by atoms with Crippen LogP contribution in [-0.4, -0.2) is 54.3 Å². The van der Waals surface area contributed by atoms with Gasteiger partial charge in [0.05, 0.1) is 5.60 Å². The van der Waals surface area contributed by atoms with Gasteiger partial charge in [0.25, 0.3) is 0 Å². The Morgan fingerprint density at radius 3 is 3.00 bits per heavy atom. The highest BCUT2D eigenvalue weighted by molar-refractivity contribution is 7.99. The lowest BCUT2D eigenvalue weighted by molar-refractivity contribution is -0.0896. The van der Waals surface area contributed by atoms with Crippen LogP contribution in [0.4, 0.5) is 0 Å². The fourth-order valence-corrected chi connectivity index (χ4v) is 4.61. The van der Waals surface area contributed by atoms with Crippen molar-refractivity contribution in [3.05, 3.63) is 0 Å². The van der Waals surface area contributed by atoms with Gasteiger partial charge >= 0.3 is 0 Å². The molecule has 4 heteroatoms. The molecular weight excluding hydrogens is 244 g/mol. The predicted octanol–water partition coefficient (Wildman–Crippen LogP) is 2.10. The van der Waals surface area contributed by atoms with Crippen LogP contribution in [-0.2, 0) is 4.74 Å². The Kier molecular flexibility index (Phi) is 5.80. The zero-order chi connectivity index (χ0) is 12.8. The van der Waals surface area contributed by atoms with E-state index >= 15 is 0 Å². The van der Waals surface area contributed by atoms with Gasteiger partial charge in [-0.05, 0) is 57.5 Å². The quantitative estimate of drug-likeness (QED) is 0.804. The molecule has 2 unspecified atom stereocenters. The molecule has 0 amide bonds. The number of nitrogens with two attached hydrogens (primary N) is 1. The van der Waals surface area contributed by atoms with Gasteiger partial charge in [0.1, 0.15) is 0 Å². The van der Waals surface area contributed by atoms with Crippen molar-refractivity contribution in [1.29, 1.82) is 0 Å². The van der Waals surface area contributed by atoms with Crippen LogP contribution < -0.4 is 5.73 Å². The fourth-order valence-electron chi connectivity index (χ4n) is 3.24. The van der Waals surface area contributed by atoms with Gasteiger partial charge in [-0.15, -0.1) is 0 Å². The van der Waals surface area contributed by atoms with E-state index in [0.29, 0.717) is 0 Å². The summed E-state index contributed by atoms with van der Waals surface area (Å²) >= 11 is 2.06. The predicted molar refractivity (Wildman–Crippen MR) is 79.2 cm³/mol. The number of thioether (sulfide) groups is 1. The van der Waals surface area contributed by atoms with Crippen molar-refractivity contribution in [3.63, 3.8) is 0 Å². The maximum atomic E-state index is 6.12. The maximum Gasteiger partial charge on any atom is 0.0795 e. The van der Waals surface area contributed by atoms with E-state index in [4.69, 9.17) is 10.5 Å². The van der Waals surface area contributed by atoms with Crippen molar-refractivity contribution in [2.24, 2.45) is 5.73 Å². The van der Waals surface area contributed by atoms with Crippen molar-refractivity contribution < 1.29 is 4.74 Å². The molecule has 0 radical (unpaired) electrons. The molecular formula is C14H28N2OS. The fraction of sp³-hybridized carbons (Fsp3) is 1.00. The minimum absolute atomic E-state index is 0.211. The molecule has 106 valence electrons. The summed E-state index contributed by atoms with van der Waals surface area (Å²) in [5.74, 6) is 2.49. The molecule has 1 spiro atoms. The summed E-state index contributed by atoms with van der Waals surface area (Å²) in [7, 11) is 0. The van der Waals surface area contributed by atoms with E-state index in [1.165, 1.54) is 43.7 Å². The largest absolute Gasteiger partial charge is 0.374 e. The third kappa shape index (κ3) is 3.62. The number of ether oxygens (including phenoxy) is 1. The van der Waals surface area contributed by atoms with Gasteiger partial charge < -0.3 is 15.4 Å². The first-order valence-electron chi connectivity index (χ1n) is 7.45. The Balaban J connectivity index is 1.91. The average Bonchev–Trinajstić information content (AvgIpc) is 2.82. The highest BCUT2D eigenvalue weighted by Gasteiger charge is 2.41. The molecule has 2 atom stereocenters. The standard InChI is InChI=1S/C14H28N2OS/c1-2-7-16(8-3-6-15)13-4-9-17-14(11-13)5-10-18-12-14/h13H,2-12,15H2,1H3. The van der Waals surface area contributed by atoms with E-state index in [-0.39, 0.29) is 5.60 Å². The smallest absolute Gasteiger partial charge is 0.0795 e. The molecule has 3 nitrogen and oxygen atoms in total. The molecule has 2 aliphatic heterocycles. The van der Waals surface area contributed by atoms with Gasteiger partial charge in [-0.2, -0.15) is 11.8 Å². The molecule has 0 saturated carbocycles. The van der Waals surface area contributed by atoms with E-state index in [1.807, 2.05) is 0 Å². The highest BCUT2D eigenvalue weighted by atomic mass is 32.2. The second kappa shape index (κ2) is 7.13. The third-order valence-electron chi connectivity index (χ3n) is 4.21. The monoisotopic (exact) mass is 272 g/mol. The number of hydrogen-bond donors (Lipinski definition) is 1. The molecule has 2 N–H and O–H groups in total. The van der Waals surface area contributed by atoms with E-state index in [2.05, 4.69) is 23.6 Å². The topological polar surface area (TPSA) is 38.5 Å². The Bertz CT molecular complexity index is 244. The van der Waals surface area contributed by atoms with Gasteiger partial charge in [0.15, 0.2) is 0 Å². The van der Waals surface area contributed by atoms with Gasteiger partial charge in [-0.3, -0.25) is 0 Å². The van der Waals surface area contributed by atoms with Gasteiger partial charge in [0, 0.05) is 18.4 Å². The minimum Gasteiger partial charge on any atom is -0.374 e. The Labute approximate surface area is 116 Å². The molecule has 2 aliphatic rings. The summed E-state index contributed by atoms with van der Waals surface area (Å²) in [6.45, 7) is 6.42. The molecule has 2 fully saturated rings. The Morgan fingerprint density at radius 2 is 2.33 bits per heavy atom. The van der Waals surface area contributed by atoms with Crippen molar-refractivity contribution in [3.8, 4) is 0 Å². The van der Waals surface area contributed by atoms with Crippen LogP contribution in [0.25, 0.3) is 0 Å². The van der Waals surface area contributed by atoms with Gasteiger partial charge in [-0.1, -0.05) is 6.92 Å². The van der Waals surface area contributed by atoms with E-state index in [0.717, 1.165) is 32.2 Å². The van der Waals surface area contributed by atoms with Crippen molar-refractivity contribution in [1.82, 2.24) is 4.90 Å². The van der Waals surface area contributed by atoms with Crippen LogP contribution >= 0.6 is 11.8 Å². The Morgan fingerprint density at radius 1 is 1.44 bits per heavy atom. The SMILES string of the molecule is CCCN(CCCN)C1CCOC2(CCSC2)C1. The van der Waals surface area contributed by atoms with E-state index < -0.39 is 0 Å². The second-order valence-electron chi connectivity index (χ2n) is 5.66. The van der Waals surface area contributed by atoms with Crippen LogP contribution in [0, 0.1) is 0 Å². The average molecular weight is 272 g/mol. The molecule has 2 saturated heterocycles. The van der Waals surface area contributed by atoms with Crippen LogP contribution in [0.1, 0.15) is 39.0 Å². The number of rotatable bonds is 6. The van der Waals surface area contributed by atoms with Crippen LogP contribution in [0.3, 0.4) is 0 Å². The first-order valence-corrected chi connectivity index (χ1v) is 8.61. The van der Waals surface area contributed by atoms with Gasteiger partial charge in [0.2, 0.25) is 0 Å².